The Morgan fingerprint density at radius 1 is 1.11 bits per heavy atom. The summed E-state index contributed by atoms with van der Waals surface area (Å²) in [5.41, 5.74) is 2.80. The largest absolute Gasteiger partial charge is 0.497 e. The summed E-state index contributed by atoms with van der Waals surface area (Å²) in [6.07, 6.45) is 0. The van der Waals surface area contributed by atoms with Crippen molar-refractivity contribution in [2.75, 3.05) is 7.11 Å². The van der Waals surface area contributed by atoms with Crippen LogP contribution in [-0.2, 0) is 0 Å². The van der Waals surface area contributed by atoms with Gasteiger partial charge in [0.1, 0.15) is 5.75 Å². The van der Waals surface area contributed by atoms with Crippen LogP contribution in [-0.4, -0.2) is 13.0 Å². The van der Waals surface area contributed by atoms with E-state index in [-0.39, 0.29) is 11.9 Å². The number of rotatable bonds is 2. The molecule has 3 nitrogen and oxygen atoms in total. The fourth-order valence-corrected chi connectivity index (χ4v) is 2.31. The van der Waals surface area contributed by atoms with Gasteiger partial charge in [-0.05, 0) is 23.3 Å². The molecule has 1 atom stereocenters. The van der Waals surface area contributed by atoms with Gasteiger partial charge in [-0.2, -0.15) is 0 Å². The lowest BCUT2D eigenvalue weighted by atomic mass is 9.98. The van der Waals surface area contributed by atoms with Gasteiger partial charge >= 0.3 is 0 Å². The van der Waals surface area contributed by atoms with Gasteiger partial charge in [0.25, 0.3) is 5.91 Å². The molecule has 2 aromatic rings. The molecule has 1 aliphatic heterocycles. The number of methoxy groups -OCH3 is 1. The van der Waals surface area contributed by atoms with Gasteiger partial charge in [-0.15, -0.1) is 0 Å². The maximum atomic E-state index is 12.0. The minimum absolute atomic E-state index is 0.0437. The van der Waals surface area contributed by atoms with E-state index in [1.54, 1.807) is 13.2 Å². The molecule has 1 aliphatic rings. The number of hydrogen-bond acceptors (Lipinski definition) is 2. The van der Waals surface area contributed by atoms with Gasteiger partial charge in [0.15, 0.2) is 0 Å². The highest BCUT2D eigenvalue weighted by atomic mass is 16.5. The Kier molecular flexibility index (Phi) is 2.52. The Balaban J connectivity index is 2.07. The van der Waals surface area contributed by atoms with Gasteiger partial charge in [0.2, 0.25) is 0 Å². The van der Waals surface area contributed by atoms with Gasteiger partial charge in [-0.1, -0.05) is 36.4 Å². The summed E-state index contributed by atoms with van der Waals surface area (Å²) in [6, 6.07) is 15.5. The molecule has 3 heteroatoms. The van der Waals surface area contributed by atoms with Crippen LogP contribution in [0.5, 0.6) is 5.75 Å². The molecule has 2 aromatic carbocycles. The molecule has 0 fully saturated rings. The number of carbonyl (C=O) groups is 1. The van der Waals surface area contributed by atoms with Crippen molar-refractivity contribution in [1.82, 2.24) is 5.32 Å². The molecular weight excluding hydrogens is 226 g/mol. The minimum atomic E-state index is -0.0559. The van der Waals surface area contributed by atoms with Gasteiger partial charge in [0.05, 0.1) is 13.2 Å². The van der Waals surface area contributed by atoms with Crippen molar-refractivity contribution in [1.29, 1.82) is 0 Å². The molecule has 0 aromatic heterocycles. The zero-order valence-electron chi connectivity index (χ0n) is 10.0. The summed E-state index contributed by atoms with van der Waals surface area (Å²) < 4.78 is 5.15. The highest BCUT2D eigenvalue weighted by Gasteiger charge is 2.29. The van der Waals surface area contributed by atoms with Crippen molar-refractivity contribution in [3.05, 3.63) is 65.2 Å². The number of hydrogen-bond donors (Lipinski definition) is 1. The molecule has 18 heavy (non-hydrogen) atoms. The zero-order chi connectivity index (χ0) is 12.5. The molecule has 1 N–H and O–H groups in total. The molecule has 3 rings (SSSR count). The fraction of sp³-hybridized carbons (Fsp3) is 0.133. The van der Waals surface area contributed by atoms with Crippen LogP contribution in [0.15, 0.2) is 48.5 Å². The van der Waals surface area contributed by atoms with E-state index in [1.807, 2.05) is 42.5 Å². The van der Waals surface area contributed by atoms with E-state index in [2.05, 4.69) is 5.32 Å². The molecule has 0 saturated heterocycles. The number of nitrogens with one attached hydrogen (secondary N) is 1. The number of benzene rings is 2. The van der Waals surface area contributed by atoms with Crippen LogP contribution in [0.1, 0.15) is 27.5 Å². The Morgan fingerprint density at radius 2 is 1.89 bits per heavy atom. The van der Waals surface area contributed by atoms with E-state index in [9.17, 15) is 4.79 Å². The number of ether oxygens (including phenoxy) is 1. The highest BCUT2D eigenvalue weighted by Crippen LogP contribution is 2.32. The Bertz CT molecular complexity index is 593. The molecule has 90 valence electrons. The number of amides is 1. The van der Waals surface area contributed by atoms with Crippen molar-refractivity contribution in [3.8, 4) is 5.75 Å². The van der Waals surface area contributed by atoms with E-state index < -0.39 is 0 Å². The van der Waals surface area contributed by atoms with E-state index in [4.69, 9.17) is 4.74 Å². The topological polar surface area (TPSA) is 38.3 Å². The van der Waals surface area contributed by atoms with Gasteiger partial charge in [-0.25, -0.2) is 0 Å². The Morgan fingerprint density at radius 3 is 2.61 bits per heavy atom. The first-order valence-electron chi connectivity index (χ1n) is 5.83. The third-order valence-corrected chi connectivity index (χ3v) is 3.22. The first-order chi connectivity index (χ1) is 8.79. The van der Waals surface area contributed by atoms with Crippen molar-refractivity contribution >= 4 is 5.91 Å². The van der Waals surface area contributed by atoms with Crippen LogP contribution >= 0.6 is 0 Å². The first-order valence-corrected chi connectivity index (χ1v) is 5.83. The molecule has 0 saturated carbocycles. The lowest BCUT2D eigenvalue weighted by Gasteiger charge is -2.12. The van der Waals surface area contributed by atoms with Gasteiger partial charge in [0, 0.05) is 5.56 Å². The van der Waals surface area contributed by atoms with E-state index in [1.165, 1.54) is 0 Å². The average molecular weight is 239 g/mol. The molecule has 0 radical (unpaired) electrons. The summed E-state index contributed by atoms with van der Waals surface area (Å²) in [5, 5.41) is 2.99. The van der Waals surface area contributed by atoms with Gasteiger partial charge < -0.3 is 10.1 Å². The van der Waals surface area contributed by atoms with Crippen molar-refractivity contribution < 1.29 is 9.53 Å². The van der Waals surface area contributed by atoms with Crippen molar-refractivity contribution in [2.24, 2.45) is 0 Å². The van der Waals surface area contributed by atoms with Crippen LogP contribution in [0.25, 0.3) is 0 Å². The summed E-state index contributed by atoms with van der Waals surface area (Å²) in [5.74, 6) is 0.662. The lowest BCUT2D eigenvalue weighted by Crippen LogP contribution is -2.19. The van der Waals surface area contributed by atoms with Crippen molar-refractivity contribution in [2.45, 2.75) is 6.04 Å². The zero-order valence-corrected chi connectivity index (χ0v) is 10.0. The lowest BCUT2D eigenvalue weighted by molar-refractivity contribution is 0.0960. The van der Waals surface area contributed by atoms with E-state index in [0.29, 0.717) is 11.3 Å². The van der Waals surface area contributed by atoms with Gasteiger partial charge in [-0.3, -0.25) is 4.79 Å². The Labute approximate surface area is 105 Å². The summed E-state index contributed by atoms with van der Waals surface area (Å²) >= 11 is 0. The van der Waals surface area contributed by atoms with Crippen LogP contribution in [0.4, 0.5) is 0 Å². The molecule has 0 aliphatic carbocycles. The normalized spacial score (nSPS) is 17.2. The second-order valence-corrected chi connectivity index (χ2v) is 4.27. The number of fused-ring (bicyclic) bond motifs is 1. The molecule has 1 unspecified atom stereocenters. The smallest absolute Gasteiger partial charge is 0.252 e. The molecule has 1 amide bonds. The first kappa shape index (κ1) is 10.8. The predicted molar refractivity (Wildman–Crippen MR) is 68.7 cm³/mol. The SMILES string of the molecule is COc1ccc2c(c1)C(=O)NC2c1ccccc1. The quantitative estimate of drug-likeness (QED) is 0.874. The molecular formula is C15H13NO2. The standard InChI is InChI=1S/C15H13NO2/c1-18-11-7-8-12-13(9-11)15(17)16-14(12)10-5-3-2-4-6-10/h2-9,14H,1H3,(H,16,17). The van der Waals surface area contributed by atoms with Crippen LogP contribution in [0.2, 0.25) is 0 Å². The average Bonchev–Trinajstić information content (AvgIpc) is 2.77. The van der Waals surface area contributed by atoms with E-state index >= 15 is 0 Å². The minimum Gasteiger partial charge on any atom is -0.497 e. The maximum absolute atomic E-state index is 12.0. The van der Waals surface area contributed by atoms with Crippen LogP contribution in [0, 0.1) is 0 Å². The molecule has 1 heterocycles. The van der Waals surface area contributed by atoms with Crippen LogP contribution < -0.4 is 10.1 Å². The molecule has 0 spiro atoms. The molecule has 0 bridgehead atoms. The van der Waals surface area contributed by atoms with Crippen molar-refractivity contribution in [3.63, 3.8) is 0 Å². The highest BCUT2D eigenvalue weighted by molar-refractivity contribution is 6.00. The monoisotopic (exact) mass is 239 g/mol. The second kappa shape index (κ2) is 4.18. The fourth-order valence-electron chi connectivity index (χ4n) is 2.31. The summed E-state index contributed by atoms with van der Waals surface area (Å²) in [6.45, 7) is 0. The third kappa shape index (κ3) is 1.64. The predicted octanol–water partition coefficient (Wildman–Crippen LogP) is 2.53. The summed E-state index contributed by atoms with van der Waals surface area (Å²) in [4.78, 5) is 12.0. The maximum Gasteiger partial charge on any atom is 0.252 e. The van der Waals surface area contributed by atoms with Crippen LogP contribution in [0.3, 0.4) is 0 Å². The summed E-state index contributed by atoms with van der Waals surface area (Å²) in [7, 11) is 1.60. The second-order valence-electron chi connectivity index (χ2n) is 4.27. The van der Waals surface area contributed by atoms with E-state index in [0.717, 1.165) is 11.1 Å². The number of carbonyl (C=O) groups excluding carboxylic acids is 1. The third-order valence-electron chi connectivity index (χ3n) is 3.22. The Hall–Kier alpha value is -2.29.